The molecule has 8 heavy (non-hydrogen) atoms. The molecule has 0 N–H and O–H groups in total. The maximum absolute atomic E-state index is 8.93. The topological polar surface area (TPSA) is 80.3 Å². The zero-order valence-electron chi connectivity index (χ0n) is 3.95. The summed E-state index contributed by atoms with van der Waals surface area (Å²) in [6, 6.07) is 0. The van der Waals surface area contributed by atoms with Crippen LogP contribution in [0.25, 0.3) is 0 Å². The average molecular weight is 186 g/mol. The second kappa shape index (κ2) is 8.07. The Kier molecular flexibility index (Phi) is 16.2. The molecule has 0 aromatic carbocycles. The predicted octanol–water partition coefficient (Wildman–Crippen LogP) is -6.51. The van der Waals surface area contributed by atoms with Gasteiger partial charge in [0.25, 0.3) is 0 Å². The summed E-state index contributed by atoms with van der Waals surface area (Å²) in [5.74, 6) is -4.37. The number of carboxylic acid groups (broad SMARTS) is 2. The maximum atomic E-state index is 8.93. The molecule has 0 rings (SSSR count). The van der Waals surface area contributed by atoms with Crippen LogP contribution in [-0.2, 0) is 26.1 Å². The number of carbonyl (C=O) groups excluding carboxylic acids is 2. The molecule has 0 aromatic rings. The van der Waals surface area contributed by atoms with E-state index in [0.29, 0.717) is 0 Å². The summed E-state index contributed by atoms with van der Waals surface area (Å²) >= 11 is 0. The minimum atomic E-state index is -2.19. The van der Waals surface area contributed by atoms with Crippen molar-refractivity contribution in [1.29, 1.82) is 0 Å². The first-order valence-corrected chi connectivity index (χ1v) is 1.07. The molecule has 0 aliphatic rings. The van der Waals surface area contributed by atoms with Gasteiger partial charge in [-0.15, -0.1) is 0 Å². The molecule has 0 fully saturated rings. The van der Waals surface area contributed by atoms with Gasteiger partial charge < -0.3 is 19.8 Å². The molecule has 0 radical (unpaired) electrons. The van der Waals surface area contributed by atoms with Gasteiger partial charge in [0.1, 0.15) is 0 Å². The molecular formula is C2KNiO4+. The van der Waals surface area contributed by atoms with E-state index in [1.165, 1.54) is 0 Å². The molecule has 0 saturated carbocycles. The minimum Gasteiger partial charge on any atom is -0.543 e. The van der Waals surface area contributed by atoms with Crippen LogP contribution in [0.4, 0.5) is 0 Å². The standard InChI is InChI=1S/C2H2O4.K.Ni/c3-1(4)2(5)6;;/h(H,3,4)(H,5,6);;/q;+1;+2/p-2. The van der Waals surface area contributed by atoms with Gasteiger partial charge in [-0.2, -0.15) is 0 Å². The van der Waals surface area contributed by atoms with Crippen LogP contribution in [0.5, 0.6) is 0 Å². The molecule has 42 valence electrons. The third-order valence-corrected chi connectivity index (χ3v) is 0.167. The first-order valence-electron chi connectivity index (χ1n) is 1.07. The Morgan fingerprint density at radius 3 is 1.12 bits per heavy atom. The fourth-order valence-electron chi connectivity index (χ4n) is 0. The largest absolute Gasteiger partial charge is 2.00 e. The van der Waals surface area contributed by atoms with Crippen molar-refractivity contribution in [3.05, 3.63) is 0 Å². The summed E-state index contributed by atoms with van der Waals surface area (Å²) < 4.78 is 0. The Morgan fingerprint density at radius 1 is 1.00 bits per heavy atom. The first-order chi connectivity index (χ1) is 2.64. The summed E-state index contributed by atoms with van der Waals surface area (Å²) in [4.78, 5) is 17.9. The zero-order valence-corrected chi connectivity index (χ0v) is 8.06. The molecule has 0 unspecified atom stereocenters. The normalized spacial score (nSPS) is 5.50. The monoisotopic (exact) mass is 185 g/mol. The molecule has 0 atom stereocenters. The van der Waals surface area contributed by atoms with Gasteiger partial charge in [0.05, 0.1) is 11.9 Å². The molecule has 0 spiro atoms. The SMILES string of the molecule is O=C([O-])C(=O)[O-].[K+].[Ni+2]. The van der Waals surface area contributed by atoms with Crippen LogP contribution in [0.15, 0.2) is 0 Å². The first kappa shape index (κ1) is 16.0. The molecule has 6 heteroatoms. The van der Waals surface area contributed by atoms with E-state index < -0.39 is 11.9 Å². The van der Waals surface area contributed by atoms with Crippen LogP contribution >= 0.6 is 0 Å². The van der Waals surface area contributed by atoms with Gasteiger partial charge in [-0.05, 0) is 0 Å². The van der Waals surface area contributed by atoms with E-state index >= 15 is 0 Å². The molecular weight excluding hydrogens is 186 g/mol. The Hall–Kier alpha value is 1.07. The summed E-state index contributed by atoms with van der Waals surface area (Å²) in [7, 11) is 0. The summed E-state index contributed by atoms with van der Waals surface area (Å²) in [5.41, 5.74) is 0. The maximum Gasteiger partial charge on any atom is 2.00 e. The molecule has 0 aromatic heterocycles. The van der Waals surface area contributed by atoms with Crippen molar-refractivity contribution in [2.75, 3.05) is 0 Å². The van der Waals surface area contributed by atoms with Gasteiger partial charge in [-0.3, -0.25) is 0 Å². The van der Waals surface area contributed by atoms with Gasteiger partial charge in [-0.25, -0.2) is 0 Å². The average Bonchev–Trinajstić information content (AvgIpc) is 1.36. The van der Waals surface area contributed by atoms with E-state index in [-0.39, 0.29) is 67.9 Å². The molecule has 0 amide bonds. The number of carbonyl (C=O) groups is 2. The number of carboxylic acids is 2. The summed E-state index contributed by atoms with van der Waals surface area (Å²) in [5, 5.41) is 17.9. The van der Waals surface area contributed by atoms with Crippen molar-refractivity contribution in [2.24, 2.45) is 0 Å². The van der Waals surface area contributed by atoms with Crippen molar-refractivity contribution in [1.82, 2.24) is 0 Å². The fraction of sp³-hybridized carbons (Fsp3) is 0. The predicted molar refractivity (Wildman–Crippen MR) is 10.0 cm³/mol. The van der Waals surface area contributed by atoms with Crippen LogP contribution in [-0.4, -0.2) is 11.9 Å². The Morgan fingerprint density at radius 2 is 1.12 bits per heavy atom. The third kappa shape index (κ3) is 10.1. The van der Waals surface area contributed by atoms with Crippen LogP contribution in [0.3, 0.4) is 0 Å². The number of aliphatic carboxylic acids is 2. The van der Waals surface area contributed by atoms with E-state index in [4.69, 9.17) is 19.8 Å². The Bertz CT molecular complexity index is 80.0. The van der Waals surface area contributed by atoms with Gasteiger partial charge in [-0.1, -0.05) is 0 Å². The van der Waals surface area contributed by atoms with Crippen LogP contribution in [0, 0.1) is 0 Å². The van der Waals surface area contributed by atoms with Gasteiger partial charge >= 0.3 is 67.9 Å². The smallest absolute Gasteiger partial charge is 0.543 e. The van der Waals surface area contributed by atoms with Crippen molar-refractivity contribution in [3.63, 3.8) is 0 Å². The Balaban J connectivity index is -0.000000125. The fourth-order valence-corrected chi connectivity index (χ4v) is 0. The van der Waals surface area contributed by atoms with Crippen molar-refractivity contribution >= 4 is 11.9 Å². The molecule has 0 bridgehead atoms. The number of hydrogen-bond donors (Lipinski definition) is 0. The van der Waals surface area contributed by atoms with Crippen molar-refractivity contribution < 1.29 is 87.7 Å². The van der Waals surface area contributed by atoms with E-state index in [2.05, 4.69) is 0 Å². The van der Waals surface area contributed by atoms with Crippen LogP contribution in [0.2, 0.25) is 0 Å². The van der Waals surface area contributed by atoms with E-state index in [0.717, 1.165) is 0 Å². The second-order valence-electron chi connectivity index (χ2n) is 0.575. The van der Waals surface area contributed by atoms with Gasteiger partial charge in [0, 0.05) is 0 Å². The van der Waals surface area contributed by atoms with Gasteiger partial charge in [0.2, 0.25) is 0 Å². The molecule has 0 aliphatic carbocycles. The van der Waals surface area contributed by atoms with Gasteiger partial charge in [0.15, 0.2) is 0 Å². The van der Waals surface area contributed by atoms with E-state index in [9.17, 15) is 0 Å². The van der Waals surface area contributed by atoms with Crippen molar-refractivity contribution in [2.45, 2.75) is 0 Å². The van der Waals surface area contributed by atoms with Crippen LogP contribution in [0.1, 0.15) is 0 Å². The number of hydrogen-bond acceptors (Lipinski definition) is 4. The van der Waals surface area contributed by atoms with E-state index in [1.807, 2.05) is 0 Å². The van der Waals surface area contributed by atoms with Crippen molar-refractivity contribution in [3.8, 4) is 0 Å². The molecule has 4 nitrogen and oxygen atoms in total. The Labute approximate surface area is 98.0 Å². The quantitative estimate of drug-likeness (QED) is 0.278. The minimum absolute atomic E-state index is 0. The van der Waals surface area contributed by atoms with E-state index in [1.54, 1.807) is 0 Å². The third-order valence-electron chi connectivity index (χ3n) is 0.167. The molecule has 0 aliphatic heterocycles. The second-order valence-corrected chi connectivity index (χ2v) is 0.575. The summed E-state index contributed by atoms with van der Waals surface area (Å²) in [6.07, 6.45) is 0. The number of rotatable bonds is 0. The zero-order chi connectivity index (χ0) is 5.15. The van der Waals surface area contributed by atoms with Crippen LogP contribution < -0.4 is 61.6 Å². The molecule has 0 heterocycles. The molecule has 0 saturated heterocycles. The summed E-state index contributed by atoms with van der Waals surface area (Å²) in [6.45, 7) is 0.